The van der Waals surface area contributed by atoms with Gasteiger partial charge >= 0.3 is 0 Å². The zero-order valence-electron chi connectivity index (χ0n) is 16.5. The molecule has 144 valence electrons. The number of amides is 2. The van der Waals surface area contributed by atoms with Gasteiger partial charge in [0.15, 0.2) is 0 Å². The smallest absolute Gasteiger partial charge is 0.237 e. The van der Waals surface area contributed by atoms with E-state index < -0.39 is 5.41 Å². The number of aryl methyl sites for hydroxylation is 1. The van der Waals surface area contributed by atoms with Gasteiger partial charge in [-0.3, -0.25) is 19.9 Å². The standard InChI is InChI=1S/C22H29N3O2/c1-16-7-11-22(19(17(16)2)20(26)24-21(22)27)10-5-15-25(3)14-4-6-18-8-12-23-13-9-18/h7-9,11-13,19H,4-6,10,14-15H2,1-3H3,(H,24,26,27). The Bertz CT molecular complexity index is 769. The van der Waals surface area contributed by atoms with Crippen molar-refractivity contribution >= 4 is 11.8 Å². The molecule has 1 aromatic rings. The first kappa shape index (κ1) is 19.5. The number of nitrogens with zero attached hydrogens (tertiary/aromatic N) is 2. The Labute approximate surface area is 161 Å². The molecule has 0 radical (unpaired) electrons. The Hall–Kier alpha value is -2.27. The van der Waals surface area contributed by atoms with Crippen molar-refractivity contribution in [2.45, 2.75) is 39.5 Å². The normalized spacial score (nSPS) is 24.5. The van der Waals surface area contributed by atoms with Gasteiger partial charge in [0.1, 0.15) is 0 Å². The fourth-order valence-electron chi connectivity index (χ4n) is 4.25. The van der Waals surface area contributed by atoms with E-state index in [1.54, 1.807) is 0 Å². The Kier molecular flexibility index (Phi) is 5.90. The molecule has 2 atom stereocenters. The van der Waals surface area contributed by atoms with E-state index in [4.69, 9.17) is 0 Å². The highest BCUT2D eigenvalue weighted by molar-refractivity contribution is 6.10. The Morgan fingerprint density at radius 3 is 2.59 bits per heavy atom. The number of fused-ring (bicyclic) bond motifs is 1. The SMILES string of the molecule is CC1=C(C)C2C(=O)NC(=O)C2(CCCN(C)CCCc2ccncc2)C=C1. The average molecular weight is 367 g/mol. The van der Waals surface area contributed by atoms with Gasteiger partial charge in [-0.25, -0.2) is 0 Å². The Morgan fingerprint density at radius 2 is 1.85 bits per heavy atom. The number of carbonyl (C=O) groups excluding carboxylic acids is 2. The quantitative estimate of drug-likeness (QED) is 0.718. The molecule has 1 aliphatic heterocycles. The first-order valence-corrected chi connectivity index (χ1v) is 9.73. The van der Waals surface area contributed by atoms with Crippen molar-refractivity contribution in [2.75, 3.05) is 20.1 Å². The number of carbonyl (C=O) groups is 2. The van der Waals surface area contributed by atoms with Crippen LogP contribution in [0.4, 0.5) is 0 Å². The van der Waals surface area contributed by atoms with Crippen LogP contribution in [0.5, 0.6) is 0 Å². The van der Waals surface area contributed by atoms with Crippen molar-refractivity contribution < 1.29 is 9.59 Å². The monoisotopic (exact) mass is 367 g/mol. The minimum absolute atomic E-state index is 0.138. The van der Waals surface area contributed by atoms with Gasteiger partial charge in [0.2, 0.25) is 11.8 Å². The molecule has 0 bridgehead atoms. The maximum Gasteiger partial charge on any atom is 0.237 e. The lowest BCUT2D eigenvalue weighted by Gasteiger charge is -2.33. The van der Waals surface area contributed by atoms with Crippen molar-refractivity contribution in [1.29, 1.82) is 0 Å². The molecule has 0 aromatic carbocycles. The lowest BCUT2D eigenvalue weighted by Crippen LogP contribution is -2.36. The molecule has 0 saturated carbocycles. The van der Waals surface area contributed by atoms with Crippen molar-refractivity contribution in [1.82, 2.24) is 15.2 Å². The largest absolute Gasteiger partial charge is 0.306 e. The molecule has 1 N–H and O–H groups in total. The summed E-state index contributed by atoms with van der Waals surface area (Å²) in [4.78, 5) is 31.3. The third-order valence-corrected chi connectivity index (χ3v) is 6.01. The summed E-state index contributed by atoms with van der Waals surface area (Å²) in [6.45, 7) is 5.91. The molecule has 27 heavy (non-hydrogen) atoms. The predicted molar refractivity (Wildman–Crippen MR) is 106 cm³/mol. The van der Waals surface area contributed by atoms with Crippen LogP contribution in [0.2, 0.25) is 0 Å². The lowest BCUT2D eigenvalue weighted by atomic mass is 9.67. The van der Waals surface area contributed by atoms with Crippen molar-refractivity contribution in [3.05, 3.63) is 53.4 Å². The maximum absolute atomic E-state index is 12.6. The van der Waals surface area contributed by atoms with E-state index >= 15 is 0 Å². The third-order valence-electron chi connectivity index (χ3n) is 6.01. The van der Waals surface area contributed by atoms with Crippen molar-refractivity contribution in [3.63, 3.8) is 0 Å². The Morgan fingerprint density at radius 1 is 1.15 bits per heavy atom. The van der Waals surface area contributed by atoms with Crippen LogP contribution in [0.15, 0.2) is 47.8 Å². The second-order valence-corrected chi connectivity index (χ2v) is 7.86. The maximum atomic E-state index is 12.6. The number of rotatable bonds is 8. The fraction of sp³-hybridized carbons (Fsp3) is 0.500. The van der Waals surface area contributed by atoms with E-state index in [9.17, 15) is 9.59 Å². The van der Waals surface area contributed by atoms with Gasteiger partial charge in [-0.05, 0) is 77.4 Å². The summed E-state index contributed by atoms with van der Waals surface area (Å²) in [7, 11) is 2.12. The van der Waals surface area contributed by atoms with Crippen LogP contribution in [-0.4, -0.2) is 41.8 Å². The highest BCUT2D eigenvalue weighted by Gasteiger charge is 2.54. The number of imide groups is 1. The van der Waals surface area contributed by atoms with Gasteiger partial charge in [0.05, 0.1) is 11.3 Å². The number of hydrogen-bond donors (Lipinski definition) is 1. The van der Waals surface area contributed by atoms with Gasteiger partial charge < -0.3 is 4.90 Å². The zero-order chi connectivity index (χ0) is 19.4. The molecule has 1 aromatic heterocycles. The van der Waals surface area contributed by atoms with Crippen LogP contribution in [-0.2, 0) is 16.0 Å². The van der Waals surface area contributed by atoms with E-state index in [-0.39, 0.29) is 17.7 Å². The summed E-state index contributed by atoms with van der Waals surface area (Å²) < 4.78 is 0. The van der Waals surface area contributed by atoms with Gasteiger partial charge in [0.25, 0.3) is 0 Å². The number of allylic oxidation sites excluding steroid dienone is 2. The second-order valence-electron chi connectivity index (χ2n) is 7.86. The van der Waals surface area contributed by atoms with Crippen LogP contribution < -0.4 is 5.32 Å². The summed E-state index contributed by atoms with van der Waals surface area (Å²) in [6, 6.07) is 4.12. The molecule has 5 heteroatoms. The molecular formula is C22H29N3O2. The highest BCUT2D eigenvalue weighted by atomic mass is 16.2. The van der Waals surface area contributed by atoms with Crippen LogP contribution in [0.25, 0.3) is 0 Å². The van der Waals surface area contributed by atoms with Crippen LogP contribution >= 0.6 is 0 Å². The minimum atomic E-state index is -0.696. The van der Waals surface area contributed by atoms with E-state index in [1.165, 1.54) is 5.56 Å². The molecule has 5 nitrogen and oxygen atoms in total. The first-order chi connectivity index (χ1) is 12.9. The lowest BCUT2D eigenvalue weighted by molar-refractivity contribution is -0.127. The van der Waals surface area contributed by atoms with Gasteiger partial charge in [0, 0.05) is 12.4 Å². The zero-order valence-corrected chi connectivity index (χ0v) is 16.5. The number of pyridine rings is 1. The molecule has 1 saturated heterocycles. The van der Waals surface area contributed by atoms with Gasteiger partial charge in [-0.2, -0.15) is 0 Å². The van der Waals surface area contributed by atoms with E-state index in [2.05, 4.69) is 34.4 Å². The highest BCUT2D eigenvalue weighted by Crippen LogP contribution is 2.46. The average Bonchev–Trinajstić information content (AvgIpc) is 2.90. The molecule has 2 unspecified atom stereocenters. The molecule has 2 aliphatic rings. The fourth-order valence-corrected chi connectivity index (χ4v) is 4.25. The molecule has 0 spiro atoms. The van der Waals surface area contributed by atoms with Crippen LogP contribution in [0, 0.1) is 11.3 Å². The first-order valence-electron chi connectivity index (χ1n) is 9.73. The molecule has 2 heterocycles. The molecule has 3 rings (SSSR count). The number of nitrogens with one attached hydrogen (secondary N) is 1. The van der Waals surface area contributed by atoms with Gasteiger partial charge in [-0.1, -0.05) is 23.3 Å². The number of aromatic nitrogens is 1. The topological polar surface area (TPSA) is 62.3 Å². The molecular weight excluding hydrogens is 338 g/mol. The third kappa shape index (κ3) is 4.03. The van der Waals surface area contributed by atoms with Crippen LogP contribution in [0.3, 0.4) is 0 Å². The Balaban J connectivity index is 1.51. The van der Waals surface area contributed by atoms with E-state index in [0.717, 1.165) is 43.5 Å². The summed E-state index contributed by atoms with van der Waals surface area (Å²) >= 11 is 0. The van der Waals surface area contributed by atoms with Gasteiger partial charge in [-0.15, -0.1) is 0 Å². The van der Waals surface area contributed by atoms with Crippen molar-refractivity contribution in [2.24, 2.45) is 11.3 Å². The van der Waals surface area contributed by atoms with Crippen LogP contribution in [0.1, 0.15) is 38.7 Å². The van der Waals surface area contributed by atoms with Crippen molar-refractivity contribution in [3.8, 4) is 0 Å². The summed E-state index contributed by atoms with van der Waals surface area (Å²) in [6.07, 6.45) is 11.4. The minimum Gasteiger partial charge on any atom is -0.306 e. The predicted octanol–water partition coefficient (Wildman–Crippen LogP) is 2.89. The van der Waals surface area contributed by atoms with E-state index in [0.29, 0.717) is 6.42 Å². The van der Waals surface area contributed by atoms with E-state index in [1.807, 2.05) is 38.4 Å². The summed E-state index contributed by atoms with van der Waals surface area (Å²) in [5.74, 6) is -0.625. The molecule has 1 fully saturated rings. The molecule has 2 amide bonds. The summed E-state index contributed by atoms with van der Waals surface area (Å²) in [5.41, 5.74) is 2.73. The molecule has 1 aliphatic carbocycles. The number of hydrogen-bond acceptors (Lipinski definition) is 4. The summed E-state index contributed by atoms with van der Waals surface area (Å²) in [5, 5.41) is 2.56. The second kappa shape index (κ2) is 8.17.